The average Bonchev–Trinajstić information content (AvgIpc) is 3.23. The summed E-state index contributed by atoms with van der Waals surface area (Å²) in [4.78, 5) is 26.5. The van der Waals surface area contributed by atoms with Crippen molar-refractivity contribution in [2.75, 3.05) is 24.2 Å². The van der Waals surface area contributed by atoms with Crippen LogP contribution >= 0.6 is 0 Å². The van der Waals surface area contributed by atoms with Crippen molar-refractivity contribution in [1.29, 1.82) is 0 Å². The quantitative estimate of drug-likeness (QED) is 0.748. The second-order valence-electron chi connectivity index (χ2n) is 7.71. The van der Waals surface area contributed by atoms with Crippen LogP contribution in [0.2, 0.25) is 0 Å². The fourth-order valence-corrected chi connectivity index (χ4v) is 5.62. The third-order valence-corrected chi connectivity index (χ3v) is 7.10. The molecular weight excluding hydrogens is 396 g/mol. The molecule has 2 aliphatic rings. The van der Waals surface area contributed by atoms with Gasteiger partial charge in [0, 0.05) is 45.0 Å². The summed E-state index contributed by atoms with van der Waals surface area (Å²) in [6, 6.07) is 0. The Balaban J connectivity index is 1.59. The van der Waals surface area contributed by atoms with Gasteiger partial charge in [0.15, 0.2) is 9.84 Å². The molecule has 0 bridgehead atoms. The van der Waals surface area contributed by atoms with Crippen LogP contribution in [0.3, 0.4) is 0 Å². The van der Waals surface area contributed by atoms with Gasteiger partial charge in [-0.1, -0.05) is 0 Å². The number of anilines is 1. The first kappa shape index (κ1) is 19.6. The summed E-state index contributed by atoms with van der Waals surface area (Å²) < 4.78 is 25.7. The number of sulfone groups is 1. The lowest BCUT2D eigenvalue weighted by molar-refractivity contribution is -0.114. The fraction of sp³-hybridized carbons (Fsp3) is 0.556. The number of H-pyrrole nitrogens is 1. The van der Waals surface area contributed by atoms with Crippen LogP contribution in [0, 0.1) is 0 Å². The largest absolute Gasteiger partial charge is 0.337 e. The van der Waals surface area contributed by atoms with Gasteiger partial charge in [-0.3, -0.25) is 19.4 Å². The number of amides is 2. The highest BCUT2D eigenvalue weighted by Gasteiger charge is 2.34. The van der Waals surface area contributed by atoms with Gasteiger partial charge in [-0.15, -0.1) is 0 Å². The Kier molecular flexibility index (Phi) is 4.93. The molecule has 0 spiro atoms. The number of nitrogens with zero attached hydrogens (tertiary/aromatic N) is 4. The van der Waals surface area contributed by atoms with Gasteiger partial charge < -0.3 is 10.2 Å². The molecule has 2 N–H and O–H groups in total. The molecule has 1 saturated heterocycles. The highest BCUT2D eigenvalue weighted by atomic mass is 32.2. The molecule has 1 fully saturated rings. The highest BCUT2D eigenvalue weighted by Crippen LogP contribution is 2.32. The Labute approximate surface area is 168 Å². The first-order valence-corrected chi connectivity index (χ1v) is 11.4. The molecule has 0 saturated carbocycles. The topological polar surface area (TPSA) is 130 Å². The van der Waals surface area contributed by atoms with E-state index in [2.05, 4.69) is 20.6 Å². The Morgan fingerprint density at radius 1 is 1.34 bits per heavy atom. The van der Waals surface area contributed by atoms with E-state index in [-0.39, 0.29) is 29.2 Å². The summed E-state index contributed by atoms with van der Waals surface area (Å²) >= 11 is 0. The zero-order valence-corrected chi connectivity index (χ0v) is 17.3. The van der Waals surface area contributed by atoms with Crippen LogP contribution in [0.5, 0.6) is 0 Å². The van der Waals surface area contributed by atoms with Crippen LogP contribution in [0.25, 0.3) is 0 Å². The first-order valence-electron chi connectivity index (χ1n) is 9.60. The third-order valence-electron chi connectivity index (χ3n) is 5.54. The van der Waals surface area contributed by atoms with E-state index >= 15 is 0 Å². The summed E-state index contributed by atoms with van der Waals surface area (Å²) in [7, 11) is -1.53. The Bertz CT molecular complexity index is 1070. The van der Waals surface area contributed by atoms with Crippen molar-refractivity contribution in [3.05, 3.63) is 28.8 Å². The van der Waals surface area contributed by atoms with Crippen molar-refractivity contribution in [1.82, 2.24) is 24.9 Å². The van der Waals surface area contributed by atoms with Gasteiger partial charge in [-0.2, -0.15) is 10.2 Å². The van der Waals surface area contributed by atoms with E-state index in [0.29, 0.717) is 42.1 Å². The lowest BCUT2D eigenvalue weighted by Crippen LogP contribution is -2.40. The van der Waals surface area contributed by atoms with Crippen LogP contribution in [0.1, 0.15) is 53.1 Å². The lowest BCUT2D eigenvalue weighted by atomic mass is 9.93. The van der Waals surface area contributed by atoms with Gasteiger partial charge >= 0.3 is 0 Å². The predicted octanol–water partition coefficient (Wildman–Crippen LogP) is 0.592. The first-order chi connectivity index (χ1) is 13.7. The van der Waals surface area contributed by atoms with Crippen molar-refractivity contribution in [3.63, 3.8) is 0 Å². The minimum atomic E-state index is -3.21. The Hall–Kier alpha value is -2.69. The predicted molar refractivity (Wildman–Crippen MR) is 105 cm³/mol. The van der Waals surface area contributed by atoms with Gasteiger partial charge in [-0.05, 0) is 12.8 Å². The van der Waals surface area contributed by atoms with E-state index in [1.54, 1.807) is 18.1 Å². The molecule has 156 valence electrons. The van der Waals surface area contributed by atoms with E-state index in [1.807, 2.05) is 0 Å². The summed E-state index contributed by atoms with van der Waals surface area (Å²) in [5, 5.41) is 14.1. The molecule has 2 aromatic heterocycles. The van der Waals surface area contributed by atoms with Crippen molar-refractivity contribution < 1.29 is 18.0 Å². The molecule has 2 amide bonds. The van der Waals surface area contributed by atoms with E-state index < -0.39 is 9.84 Å². The smallest absolute Gasteiger partial charge is 0.272 e. The van der Waals surface area contributed by atoms with E-state index in [0.717, 1.165) is 18.5 Å². The van der Waals surface area contributed by atoms with Crippen LogP contribution < -0.4 is 5.32 Å². The van der Waals surface area contributed by atoms with Gasteiger partial charge in [-0.25, -0.2) is 8.42 Å². The van der Waals surface area contributed by atoms with E-state index in [4.69, 9.17) is 0 Å². The van der Waals surface area contributed by atoms with Gasteiger partial charge in [0.1, 0.15) is 5.69 Å². The maximum Gasteiger partial charge on any atom is 0.272 e. The maximum absolute atomic E-state index is 13.3. The monoisotopic (exact) mass is 420 g/mol. The van der Waals surface area contributed by atoms with Crippen molar-refractivity contribution in [2.24, 2.45) is 7.05 Å². The number of nitrogens with one attached hydrogen (secondary N) is 2. The number of piperidine rings is 1. The number of likely N-dealkylation sites (tertiary alicyclic amines) is 1. The number of hydrogen-bond acceptors (Lipinski definition) is 6. The Morgan fingerprint density at radius 2 is 2.14 bits per heavy atom. The molecule has 2 aliphatic heterocycles. The van der Waals surface area contributed by atoms with Gasteiger partial charge in [0.2, 0.25) is 5.91 Å². The standard InChI is InChI=1S/C18H24N6O4S/c1-11(25)20-15-8-19-21-16(15)12-4-3-6-24(9-12)18(26)17-13-10-29(27,28)7-5-14(13)22-23(17)2/h8,12H,3-7,9-10H2,1-2H3,(H,19,21)(H,20,25). The number of aromatic amines is 1. The molecule has 4 rings (SSSR count). The molecule has 1 atom stereocenters. The van der Waals surface area contributed by atoms with Crippen molar-refractivity contribution in [2.45, 2.75) is 37.9 Å². The molecule has 0 radical (unpaired) electrons. The second kappa shape index (κ2) is 7.29. The Morgan fingerprint density at radius 3 is 2.90 bits per heavy atom. The number of fused-ring (bicyclic) bond motifs is 1. The minimum Gasteiger partial charge on any atom is -0.337 e. The van der Waals surface area contributed by atoms with Gasteiger partial charge in [0.05, 0.1) is 34.8 Å². The molecule has 10 nitrogen and oxygen atoms in total. The van der Waals surface area contributed by atoms with Crippen molar-refractivity contribution >= 4 is 27.3 Å². The van der Waals surface area contributed by atoms with E-state index in [1.165, 1.54) is 11.6 Å². The number of aromatic nitrogens is 4. The summed E-state index contributed by atoms with van der Waals surface area (Å²) in [6.07, 6.45) is 3.57. The number of aryl methyl sites for hydroxylation is 2. The number of carbonyl (C=O) groups excluding carboxylic acids is 2. The normalized spacial score (nSPS) is 20.9. The van der Waals surface area contributed by atoms with Crippen LogP contribution in [-0.2, 0) is 33.9 Å². The minimum absolute atomic E-state index is 0.00448. The third kappa shape index (κ3) is 3.78. The summed E-state index contributed by atoms with van der Waals surface area (Å²) in [5.41, 5.74) is 3.01. The number of carbonyl (C=O) groups is 2. The average molecular weight is 420 g/mol. The molecular formula is C18H24N6O4S. The molecule has 2 aromatic rings. The molecule has 4 heterocycles. The zero-order valence-electron chi connectivity index (χ0n) is 16.4. The fourth-order valence-electron chi connectivity index (χ4n) is 4.23. The summed E-state index contributed by atoms with van der Waals surface area (Å²) in [6.45, 7) is 2.49. The number of rotatable bonds is 3. The maximum atomic E-state index is 13.3. The molecule has 29 heavy (non-hydrogen) atoms. The summed E-state index contributed by atoms with van der Waals surface area (Å²) in [5.74, 6) is -0.447. The second-order valence-corrected chi connectivity index (χ2v) is 9.89. The lowest BCUT2D eigenvalue weighted by Gasteiger charge is -2.33. The van der Waals surface area contributed by atoms with Crippen LogP contribution in [-0.4, -0.2) is 64.0 Å². The molecule has 0 aromatic carbocycles. The zero-order chi connectivity index (χ0) is 20.8. The van der Waals surface area contributed by atoms with Gasteiger partial charge in [0.25, 0.3) is 5.91 Å². The van der Waals surface area contributed by atoms with Crippen molar-refractivity contribution in [3.8, 4) is 0 Å². The van der Waals surface area contributed by atoms with Crippen LogP contribution in [0.4, 0.5) is 5.69 Å². The van der Waals surface area contributed by atoms with Crippen LogP contribution in [0.15, 0.2) is 6.20 Å². The molecule has 1 unspecified atom stereocenters. The highest BCUT2D eigenvalue weighted by molar-refractivity contribution is 7.90. The molecule has 11 heteroatoms. The SMILES string of the molecule is CC(=O)Nc1cn[nH]c1C1CCCN(C(=O)c2c3c(nn2C)CCS(=O)(=O)C3)C1. The number of hydrogen-bond donors (Lipinski definition) is 2. The molecule has 0 aliphatic carbocycles. The van der Waals surface area contributed by atoms with E-state index in [9.17, 15) is 18.0 Å².